The Morgan fingerprint density at radius 1 is 1.18 bits per heavy atom. The van der Waals surface area contributed by atoms with E-state index in [2.05, 4.69) is 10.3 Å². The van der Waals surface area contributed by atoms with Crippen LogP contribution in [-0.2, 0) is 24.4 Å². The molecule has 0 bridgehead atoms. The summed E-state index contributed by atoms with van der Waals surface area (Å²) in [7, 11) is 1.88. The summed E-state index contributed by atoms with van der Waals surface area (Å²) in [4.78, 5) is 18.2. The van der Waals surface area contributed by atoms with E-state index in [0.29, 0.717) is 26.2 Å². The maximum atomic E-state index is 13.4. The van der Waals surface area contributed by atoms with Gasteiger partial charge in [0.15, 0.2) is 0 Å². The van der Waals surface area contributed by atoms with Gasteiger partial charge in [0, 0.05) is 37.3 Å². The number of hydrogen-bond acceptors (Lipinski definition) is 4. The second-order valence-corrected chi connectivity index (χ2v) is 6.91. The second kappa shape index (κ2) is 7.52. The molecule has 144 valence electrons. The van der Waals surface area contributed by atoms with Crippen molar-refractivity contribution in [3.8, 4) is 22.4 Å². The number of halogens is 1. The predicted octanol–water partition coefficient (Wildman–Crippen LogP) is 2.83. The fourth-order valence-corrected chi connectivity index (χ4v) is 3.61. The van der Waals surface area contributed by atoms with Crippen molar-refractivity contribution in [1.29, 1.82) is 0 Å². The summed E-state index contributed by atoms with van der Waals surface area (Å²) >= 11 is 0. The normalized spacial score (nSPS) is 13.5. The molecule has 1 aliphatic heterocycles. The van der Waals surface area contributed by atoms with E-state index in [1.54, 1.807) is 25.3 Å². The number of rotatable bonds is 4. The molecule has 28 heavy (non-hydrogen) atoms. The van der Waals surface area contributed by atoms with Crippen LogP contribution in [0.3, 0.4) is 0 Å². The minimum atomic E-state index is -0.280. The number of carbonyl (C=O) groups is 1. The van der Waals surface area contributed by atoms with E-state index >= 15 is 0 Å². The van der Waals surface area contributed by atoms with Crippen LogP contribution in [-0.4, -0.2) is 39.2 Å². The zero-order valence-corrected chi connectivity index (χ0v) is 15.9. The fraction of sp³-hybridized carbons (Fsp3) is 0.286. The number of amides is 1. The molecule has 1 aromatic carbocycles. The van der Waals surface area contributed by atoms with Crippen molar-refractivity contribution in [1.82, 2.24) is 25.0 Å². The monoisotopic (exact) mass is 379 g/mol. The van der Waals surface area contributed by atoms with E-state index in [4.69, 9.17) is 5.10 Å². The van der Waals surface area contributed by atoms with Gasteiger partial charge in [0.05, 0.1) is 24.5 Å². The zero-order chi connectivity index (χ0) is 19.7. The molecule has 4 rings (SSSR count). The van der Waals surface area contributed by atoms with Gasteiger partial charge in [0.25, 0.3) is 0 Å². The molecule has 3 aromatic rings. The highest BCUT2D eigenvalue weighted by Gasteiger charge is 2.27. The number of nitrogens with zero attached hydrogens (tertiary/aromatic N) is 4. The van der Waals surface area contributed by atoms with Crippen LogP contribution in [0.1, 0.15) is 18.3 Å². The van der Waals surface area contributed by atoms with Gasteiger partial charge in [-0.05, 0) is 49.0 Å². The molecule has 3 heterocycles. The van der Waals surface area contributed by atoms with Crippen LogP contribution >= 0.6 is 0 Å². The number of aromatic nitrogens is 3. The Morgan fingerprint density at radius 2 is 1.96 bits per heavy atom. The van der Waals surface area contributed by atoms with Gasteiger partial charge in [-0.3, -0.25) is 14.5 Å². The van der Waals surface area contributed by atoms with Crippen molar-refractivity contribution >= 4 is 5.91 Å². The Kier molecular flexibility index (Phi) is 4.92. The number of pyridine rings is 1. The van der Waals surface area contributed by atoms with E-state index in [1.165, 1.54) is 12.1 Å². The Hall–Kier alpha value is -3.06. The van der Waals surface area contributed by atoms with E-state index < -0.39 is 0 Å². The molecule has 0 saturated carbocycles. The topological polar surface area (TPSA) is 63.1 Å². The molecule has 0 atom stereocenters. The highest BCUT2D eigenvalue weighted by molar-refractivity contribution is 5.83. The first-order valence-corrected chi connectivity index (χ1v) is 9.28. The number of benzene rings is 1. The molecule has 6 nitrogen and oxygen atoms in total. The minimum Gasteiger partial charge on any atom is -0.335 e. The standard InChI is InChI=1S/C21H22FN5O/c1-14(28)26-9-10-27-19(13-26)20(16-7-8-24-18(11-16)12-23-2)21(25-27)15-3-5-17(22)6-4-15/h3-8,11,23H,9-10,12-13H2,1-2H3. The first-order chi connectivity index (χ1) is 13.6. The maximum absolute atomic E-state index is 13.4. The minimum absolute atomic E-state index is 0.0485. The van der Waals surface area contributed by atoms with Crippen LogP contribution in [0.2, 0.25) is 0 Å². The Morgan fingerprint density at radius 3 is 2.68 bits per heavy atom. The zero-order valence-electron chi connectivity index (χ0n) is 15.9. The summed E-state index contributed by atoms with van der Waals surface area (Å²) in [5.41, 5.74) is 5.51. The average molecular weight is 379 g/mol. The fourth-order valence-electron chi connectivity index (χ4n) is 3.61. The summed E-state index contributed by atoms with van der Waals surface area (Å²) < 4.78 is 15.4. The van der Waals surface area contributed by atoms with Crippen LogP contribution in [0.4, 0.5) is 4.39 Å². The van der Waals surface area contributed by atoms with Crippen molar-refractivity contribution in [3.63, 3.8) is 0 Å². The number of carbonyl (C=O) groups excluding carboxylic acids is 1. The Balaban J connectivity index is 1.89. The molecule has 1 N–H and O–H groups in total. The molecule has 0 spiro atoms. The molecule has 0 radical (unpaired) electrons. The SMILES string of the molecule is CNCc1cc(-c2c(-c3ccc(F)cc3)nn3c2CN(C(C)=O)CC3)ccn1. The summed E-state index contributed by atoms with van der Waals surface area (Å²) in [6.07, 6.45) is 1.78. The third-order valence-electron chi connectivity index (χ3n) is 5.01. The van der Waals surface area contributed by atoms with Crippen LogP contribution in [0.15, 0.2) is 42.6 Å². The lowest BCUT2D eigenvalue weighted by Gasteiger charge is -2.27. The molecule has 0 unspecified atom stereocenters. The van der Waals surface area contributed by atoms with Gasteiger partial charge in [-0.25, -0.2) is 4.39 Å². The molecule has 7 heteroatoms. The highest BCUT2D eigenvalue weighted by Crippen LogP contribution is 2.36. The van der Waals surface area contributed by atoms with Crippen LogP contribution in [0.5, 0.6) is 0 Å². The van der Waals surface area contributed by atoms with Crippen LogP contribution in [0.25, 0.3) is 22.4 Å². The van der Waals surface area contributed by atoms with Crippen LogP contribution < -0.4 is 5.32 Å². The first-order valence-electron chi connectivity index (χ1n) is 9.28. The molecule has 0 aliphatic carbocycles. The second-order valence-electron chi connectivity index (χ2n) is 6.91. The molecule has 1 amide bonds. The Labute approximate surface area is 163 Å². The van der Waals surface area contributed by atoms with Crippen molar-refractivity contribution < 1.29 is 9.18 Å². The maximum Gasteiger partial charge on any atom is 0.219 e. The number of nitrogens with one attached hydrogen (secondary N) is 1. The van der Waals surface area contributed by atoms with Gasteiger partial charge in [-0.1, -0.05) is 0 Å². The largest absolute Gasteiger partial charge is 0.335 e. The lowest BCUT2D eigenvalue weighted by Crippen LogP contribution is -2.37. The summed E-state index contributed by atoms with van der Waals surface area (Å²) in [5.74, 6) is -0.232. The lowest BCUT2D eigenvalue weighted by molar-refractivity contribution is -0.130. The lowest BCUT2D eigenvalue weighted by atomic mass is 9.98. The summed E-state index contributed by atoms with van der Waals surface area (Å²) in [6.45, 7) is 4.01. The van der Waals surface area contributed by atoms with E-state index in [-0.39, 0.29) is 11.7 Å². The molecular formula is C21H22FN5O. The average Bonchev–Trinajstić information content (AvgIpc) is 3.07. The first kappa shape index (κ1) is 18.3. The van der Waals surface area contributed by atoms with E-state index in [1.807, 2.05) is 28.8 Å². The van der Waals surface area contributed by atoms with Crippen LogP contribution in [0, 0.1) is 5.82 Å². The van der Waals surface area contributed by atoms with E-state index in [0.717, 1.165) is 33.8 Å². The quantitative estimate of drug-likeness (QED) is 0.757. The van der Waals surface area contributed by atoms with E-state index in [9.17, 15) is 9.18 Å². The third-order valence-corrected chi connectivity index (χ3v) is 5.01. The molecule has 2 aromatic heterocycles. The van der Waals surface area contributed by atoms with Gasteiger partial charge < -0.3 is 10.2 Å². The summed E-state index contributed by atoms with van der Waals surface area (Å²) in [6, 6.07) is 10.4. The predicted molar refractivity (Wildman–Crippen MR) is 105 cm³/mol. The third kappa shape index (κ3) is 3.41. The number of fused-ring (bicyclic) bond motifs is 1. The van der Waals surface area contributed by atoms with Gasteiger partial charge in [-0.2, -0.15) is 5.10 Å². The molecule has 1 aliphatic rings. The van der Waals surface area contributed by atoms with Gasteiger partial charge in [-0.15, -0.1) is 0 Å². The van der Waals surface area contributed by atoms with Gasteiger partial charge in [0.1, 0.15) is 11.5 Å². The van der Waals surface area contributed by atoms with Gasteiger partial charge in [0.2, 0.25) is 5.91 Å². The highest BCUT2D eigenvalue weighted by atomic mass is 19.1. The van der Waals surface area contributed by atoms with Crippen molar-refractivity contribution in [3.05, 3.63) is 59.8 Å². The molecular weight excluding hydrogens is 357 g/mol. The molecule has 0 saturated heterocycles. The Bertz CT molecular complexity index is 1010. The molecule has 0 fully saturated rings. The van der Waals surface area contributed by atoms with Gasteiger partial charge >= 0.3 is 0 Å². The summed E-state index contributed by atoms with van der Waals surface area (Å²) in [5, 5.41) is 7.93. The van der Waals surface area contributed by atoms with Crippen molar-refractivity contribution in [2.45, 2.75) is 26.6 Å². The van der Waals surface area contributed by atoms with Crippen molar-refractivity contribution in [2.75, 3.05) is 13.6 Å². The van der Waals surface area contributed by atoms with Crippen molar-refractivity contribution in [2.24, 2.45) is 0 Å². The number of hydrogen-bond donors (Lipinski definition) is 1. The smallest absolute Gasteiger partial charge is 0.219 e.